The number of urea groups is 1. The molecule has 1 N–H and O–H groups in total. The SMILES string of the molecule is CCOc1ccc(CNC(=O)N(C)C2CCN(C)CC2)cc1. The lowest BCUT2D eigenvalue weighted by atomic mass is 10.0. The fourth-order valence-corrected chi connectivity index (χ4v) is 2.72. The largest absolute Gasteiger partial charge is 0.494 e. The highest BCUT2D eigenvalue weighted by atomic mass is 16.5. The first-order valence-corrected chi connectivity index (χ1v) is 8.01. The average Bonchev–Trinajstić information content (AvgIpc) is 2.54. The predicted molar refractivity (Wildman–Crippen MR) is 88.1 cm³/mol. The Morgan fingerprint density at radius 3 is 2.55 bits per heavy atom. The maximum Gasteiger partial charge on any atom is 0.317 e. The van der Waals surface area contributed by atoms with Crippen LogP contribution in [0.25, 0.3) is 0 Å². The van der Waals surface area contributed by atoms with E-state index in [1.165, 1.54) is 0 Å². The Balaban J connectivity index is 1.79. The molecule has 5 heteroatoms. The number of rotatable bonds is 5. The Labute approximate surface area is 133 Å². The zero-order valence-electron chi connectivity index (χ0n) is 13.8. The standard InChI is InChI=1S/C17H27N3O2/c1-4-22-16-7-5-14(6-8-16)13-18-17(21)20(3)15-9-11-19(2)12-10-15/h5-8,15H,4,9-13H2,1-3H3,(H,18,21). The molecule has 0 unspecified atom stereocenters. The Bertz CT molecular complexity index is 467. The average molecular weight is 305 g/mol. The summed E-state index contributed by atoms with van der Waals surface area (Å²) in [6, 6.07) is 8.19. The van der Waals surface area contributed by atoms with E-state index in [0.29, 0.717) is 19.2 Å². The molecule has 22 heavy (non-hydrogen) atoms. The van der Waals surface area contributed by atoms with Crippen LogP contribution in [0.5, 0.6) is 5.75 Å². The molecule has 1 aliphatic heterocycles. The minimum Gasteiger partial charge on any atom is -0.494 e. The summed E-state index contributed by atoms with van der Waals surface area (Å²) in [5, 5.41) is 2.99. The molecule has 0 radical (unpaired) electrons. The highest BCUT2D eigenvalue weighted by Gasteiger charge is 2.23. The Morgan fingerprint density at radius 2 is 1.95 bits per heavy atom. The fraction of sp³-hybridized carbons (Fsp3) is 0.588. The van der Waals surface area contributed by atoms with Crippen LogP contribution in [-0.2, 0) is 6.54 Å². The summed E-state index contributed by atoms with van der Waals surface area (Å²) in [5.74, 6) is 0.862. The number of nitrogens with zero attached hydrogens (tertiary/aromatic N) is 2. The van der Waals surface area contributed by atoms with Crippen molar-refractivity contribution in [2.24, 2.45) is 0 Å². The molecule has 2 rings (SSSR count). The number of amides is 2. The first-order valence-electron chi connectivity index (χ1n) is 8.01. The summed E-state index contributed by atoms with van der Waals surface area (Å²) >= 11 is 0. The van der Waals surface area contributed by atoms with Crippen molar-refractivity contribution in [2.75, 3.05) is 33.8 Å². The maximum absolute atomic E-state index is 12.2. The Morgan fingerprint density at radius 1 is 1.32 bits per heavy atom. The highest BCUT2D eigenvalue weighted by Crippen LogP contribution is 2.15. The van der Waals surface area contributed by atoms with E-state index in [-0.39, 0.29) is 6.03 Å². The molecule has 1 aromatic carbocycles. The van der Waals surface area contributed by atoms with Crippen molar-refractivity contribution in [3.05, 3.63) is 29.8 Å². The summed E-state index contributed by atoms with van der Waals surface area (Å²) in [6.07, 6.45) is 2.09. The van der Waals surface area contributed by atoms with Crippen LogP contribution < -0.4 is 10.1 Å². The number of ether oxygens (including phenoxy) is 1. The highest BCUT2D eigenvalue weighted by molar-refractivity contribution is 5.74. The molecule has 2 amide bonds. The van der Waals surface area contributed by atoms with E-state index in [4.69, 9.17) is 4.74 Å². The van der Waals surface area contributed by atoms with E-state index in [2.05, 4.69) is 17.3 Å². The second-order valence-electron chi connectivity index (χ2n) is 5.88. The van der Waals surface area contributed by atoms with Gasteiger partial charge in [-0.05, 0) is 57.6 Å². The van der Waals surface area contributed by atoms with E-state index in [1.807, 2.05) is 43.1 Å². The van der Waals surface area contributed by atoms with Gasteiger partial charge in [0.15, 0.2) is 0 Å². The number of carbonyl (C=O) groups is 1. The molecular weight excluding hydrogens is 278 g/mol. The third-order valence-corrected chi connectivity index (χ3v) is 4.23. The Hall–Kier alpha value is -1.75. The molecule has 5 nitrogen and oxygen atoms in total. The van der Waals surface area contributed by atoms with E-state index in [0.717, 1.165) is 37.2 Å². The first kappa shape index (κ1) is 16.6. The van der Waals surface area contributed by atoms with Gasteiger partial charge in [-0.1, -0.05) is 12.1 Å². The van der Waals surface area contributed by atoms with Crippen molar-refractivity contribution in [1.29, 1.82) is 0 Å². The monoisotopic (exact) mass is 305 g/mol. The van der Waals surface area contributed by atoms with E-state index < -0.39 is 0 Å². The van der Waals surface area contributed by atoms with Gasteiger partial charge >= 0.3 is 6.03 Å². The molecule has 1 heterocycles. The van der Waals surface area contributed by atoms with E-state index in [9.17, 15) is 4.79 Å². The van der Waals surface area contributed by atoms with Crippen molar-refractivity contribution in [1.82, 2.24) is 15.1 Å². The van der Waals surface area contributed by atoms with Gasteiger partial charge in [-0.3, -0.25) is 0 Å². The molecular formula is C17H27N3O2. The van der Waals surface area contributed by atoms with Gasteiger partial charge in [0.25, 0.3) is 0 Å². The van der Waals surface area contributed by atoms with Crippen LogP contribution >= 0.6 is 0 Å². The molecule has 122 valence electrons. The van der Waals surface area contributed by atoms with Crippen molar-refractivity contribution >= 4 is 6.03 Å². The summed E-state index contributed by atoms with van der Waals surface area (Å²) in [6.45, 7) is 5.29. The van der Waals surface area contributed by atoms with Crippen LogP contribution in [0, 0.1) is 0 Å². The molecule has 1 aliphatic rings. The van der Waals surface area contributed by atoms with Gasteiger partial charge in [-0.15, -0.1) is 0 Å². The molecule has 0 aliphatic carbocycles. The zero-order valence-corrected chi connectivity index (χ0v) is 13.8. The van der Waals surface area contributed by atoms with Gasteiger partial charge in [-0.25, -0.2) is 4.79 Å². The molecule has 1 saturated heterocycles. The minimum absolute atomic E-state index is 0.00318. The number of hydrogen-bond donors (Lipinski definition) is 1. The fourth-order valence-electron chi connectivity index (χ4n) is 2.72. The van der Waals surface area contributed by atoms with Crippen LogP contribution in [0.1, 0.15) is 25.3 Å². The summed E-state index contributed by atoms with van der Waals surface area (Å²) in [4.78, 5) is 16.4. The normalized spacial score (nSPS) is 16.3. The minimum atomic E-state index is 0.00318. The molecule has 1 aromatic rings. The molecule has 1 fully saturated rings. The van der Waals surface area contributed by atoms with Crippen LogP contribution in [0.4, 0.5) is 4.79 Å². The van der Waals surface area contributed by atoms with Gasteiger partial charge in [-0.2, -0.15) is 0 Å². The molecule has 0 saturated carbocycles. The molecule has 0 aromatic heterocycles. The Kier molecular flexibility index (Phi) is 6.07. The number of likely N-dealkylation sites (tertiary alicyclic amines) is 1. The lowest BCUT2D eigenvalue weighted by Crippen LogP contribution is -2.47. The van der Waals surface area contributed by atoms with Crippen LogP contribution in [0.15, 0.2) is 24.3 Å². The third kappa shape index (κ3) is 4.63. The molecule has 0 spiro atoms. The smallest absolute Gasteiger partial charge is 0.317 e. The topological polar surface area (TPSA) is 44.8 Å². The van der Waals surface area contributed by atoms with Crippen molar-refractivity contribution in [2.45, 2.75) is 32.4 Å². The summed E-state index contributed by atoms with van der Waals surface area (Å²) in [5.41, 5.74) is 1.08. The first-order chi connectivity index (χ1) is 10.6. The number of benzene rings is 1. The lowest BCUT2D eigenvalue weighted by Gasteiger charge is -2.35. The van der Waals surface area contributed by atoms with Crippen molar-refractivity contribution in [3.8, 4) is 5.75 Å². The molecule has 0 atom stereocenters. The van der Waals surface area contributed by atoms with Gasteiger partial charge < -0.3 is 19.9 Å². The van der Waals surface area contributed by atoms with Gasteiger partial charge in [0.1, 0.15) is 5.75 Å². The van der Waals surface area contributed by atoms with E-state index >= 15 is 0 Å². The zero-order chi connectivity index (χ0) is 15.9. The van der Waals surface area contributed by atoms with E-state index in [1.54, 1.807) is 0 Å². The van der Waals surface area contributed by atoms with Crippen LogP contribution in [0.3, 0.4) is 0 Å². The number of carbonyl (C=O) groups excluding carboxylic acids is 1. The second-order valence-corrected chi connectivity index (χ2v) is 5.88. The van der Waals surface area contributed by atoms with Crippen LogP contribution in [-0.4, -0.2) is 55.7 Å². The molecule has 0 bridgehead atoms. The summed E-state index contributed by atoms with van der Waals surface area (Å²) < 4.78 is 5.41. The van der Waals surface area contributed by atoms with Gasteiger partial charge in [0, 0.05) is 19.6 Å². The lowest BCUT2D eigenvalue weighted by molar-refractivity contribution is 0.147. The quantitative estimate of drug-likeness (QED) is 0.908. The summed E-state index contributed by atoms with van der Waals surface area (Å²) in [7, 11) is 4.02. The maximum atomic E-state index is 12.2. The van der Waals surface area contributed by atoms with Gasteiger partial charge in [0.05, 0.1) is 6.61 Å². The number of nitrogens with one attached hydrogen (secondary N) is 1. The van der Waals surface area contributed by atoms with Crippen molar-refractivity contribution in [3.63, 3.8) is 0 Å². The van der Waals surface area contributed by atoms with Gasteiger partial charge in [0.2, 0.25) is 0 Å². The second kappa shape index (κ2) is 8.03. The number of piperidine rings is 1. The number of hydrogen-bond acceptors (Lipinski definition) is 3. The van der Waals surface area contributed by atoms with Crippen LogP contribution in [0.2, 0.25) is 0 Å². The third-order valence-electron chi connectivity index (χ3n) is 4.23. The predicted octanol–water partition coefficient (Wildman–Crippen LogP) is 2.32. The van der Waals surface area contributed by atoms with Crippen molar-refractivity contribution < 1.29 is 9.53 Å².